The summed E-state index contributed by atoms with van der Waals surface area (Å²) in [5, 5.41) is 3.68. The van der Waals surface area contributed by atoms with Crippen LogP contribution in [0, 0.1) is 0 Å². The molecule has 0 fully saturated rings. The van der Waals surface area contributed by atoms with Crippen LogP contribution in [-0.4, -0.2) is 41.9 Å². The van der Waals surface area contributed by atoms with Gasteiger partial charge in [0.2, 0.25) is 0 Å². The van der Waals surface area contributed by atoms with Gasteiger partial charge in [0.1, 0.15) is 11.4 Å². The van der Waals surface area contributed by atoms with Crippen LogP contribution < -0.4 is 15.9 Å². The molecule has 0 aliphatic rings. The number of aryl methyl sites for hydroxylation is 1. The summed E-state index contributed by atoms with van der Waals surface area (Å²) < 4.78 is 6.89. The number of nitrogens with one attached hydrogen (secondary N) is 1. The van der Waals surface area contributed by atoms with E-state index in [-0.39, 0.29) is 5.69 Å². The Morgan fingerprint density at radius 3 is 2.58 bits per heavy atom. The van der Waals surface area contributed by atoms with Gasteiger partial charge < -0.3 is 15.0 Å². The van der Waals surface area contributed by atoms with Crippen molar-refractivity contribution in [1.29, 1.82) is 0 Å². The van der Waals surface area contributed by atoms with Crippen molar-refractivity contribution in [3.63, 3.8) is 0 Å². The molecule has 142 valence electrons. The smallest absolute Gasteiger partial charge is 0.407 e. The van der Waals surface area contributed by atoms with Crippen LogP contribution in [-0.2, 0) is 11.3 Å². The third-order valence-corrected chi connectivity index (χ3v) is 3.77. The van der Waals surface area contributed by atoms with E-state index in [1.807, 2.05) is 64.0 Å². The number of hydrogen-bond donors (Lipinski definition) is 1. The average molecular weight is 360 g/mol. The lowest BCUT2D eigenvalue weighted by Gasteiger charge is -2.19. The van der Waals surface area contributed by atoms with Crippen LogP contribution in [0.4, 0.5) is 10.6 Å². The molecule has 0 aliphatic heterocycles. The summed E-state index contributed by atoms with van der Waals surface area (Å²) in [6.07, 6.45) is 1.08. The molecule has 0 spiro atoms. The summed E-state index contributed by atoms with van der Waals surface area (Å²) in [5.74, 6) is 0.674. The van der Waals surface area contributed by atoms with Gasteiger partial charge in [-0.25, -0.2) is 9.59 Å². The maximum atomic E-state index is 12.4. The van der Waals surface area contributed by atoms with Crippen LogP contribution in [0.25, 0.3) is 10.9 Å². The number of para-hydroxylation sites is 1. The molecule has 0 unspecified atom stereocenters. The fraction of sp³-hybridized carbons (Fsp3) is 0.526. The van der Waals surface area contributed by atoms with E-state index in [0.29, 0.717) is 18.9 Å². The minimum atomic E-state index is -0.504. The number of aromatic nitrogens is 2. The second kappa shape index (κ2) is 8.21. The van der Waals surface area contributed by atoms with Crippen molar-refractivity contribution in [1.82, 2.24) is 14.9 Å². The fourth-order valence-electron chi connectivity index (χ4n) is 2.67. The number of fused-ring (bicyclic) bond motifs is 1. The molecule has 0 radical (unpaired) electrons. The monoisotopic (exact) mass is 360 g/mol. The molecular formula is C19H28N4O3. The Morgan fingerprint density at radius 1 is 1.23 bits per heavy atom. The highest BCUT2D eigenvalue weighted by atomic mass is 16.6. The highest BCUT2D eigenvalue weighted by Crippen LogP contribution is 2.21. The highest BCUT2D eigenvalue weighted by molar-refractivity contribution is 5.89. The van der Waals surface area contributed by atoms with Gasteiger partial charge in [0.25, 0.3) is 0 Å². The van der Waals surface area contributed by atoms with Crippen LogP contribution in [0.2, 0.25) is 0 Å². The molecule has 1 N–H and O–H groups in total. The van der Waals surface area contributed by atoms with E-state index in [9.17, 15) is 9.59 Å². The summed E-state index contributed by atoms with van der Waals surface area (Å²) in [6, 6.07) is 7.76. The topological polar surface area (TPSA) is 76.5 Å². The Morgan fingerprint density at radius 2 is 1.92 bits per heavy atom. The molecule has 1 aromatic carbocycles. The second-order valence-electron chi connectivity index (χ2n) is 7.42. The second-order valence-corrected chi connectivity index (χ2v) is 7.42. The predicted octanol–water partition coefficient (Wildman–Crippen LogP) is 2.77. The van der Waals surface area contributed by atoms with E-state index < -0.39 is 11.7 Å². The number of carbonyl (C=O) groups is 1. The Balaban J connectivity index is 2.00. The Kier molecular flexibility index (Phi) is 6.23. The molecule has 0 aliphatic carbocycles. The molecule has 0 bridgehead atoms. The Labute approximate surface area is 154 Å². The zero-order chi connectivity index (χ0) is 19.3. The van der Waals surface area contributed by atoms with E-state index in [4.69, 9.17) is 4.74 Å². The lowest BCUT2D eigenvalue weighted by Crippen LogP contribution is -2.33. The lowest BCUT2D eigenvalue weighted by atomic mass is 10.2. The van der Waals surface area contributed by atoms with Gasteiger partial charge in [-0.05, 0) is 45.7 Å². The fourth-order valence-corrected chi connectivity index (χ4v) is 2.67. The number of rotatable bonds is 6. The van der Waals surface area contributed by atoms with Crippen LogP contribution in [0.5, 0.6) is 0 Å². The first-order chi connectivity index (χ1) is 12.2. The standard InChI is InChI=1S/C19H28N4O3/c1-19(2,3)26-18(25)20-12-8-9-13-23-15-11-7-6-10-14(15)16(22(4)5)21-17(23)24/h6-7,10-11H,8-9,12-13H2,1-5H3,(H,20,25). The first-order valence-corrected chi connectivity index (χ1v) is 8.83. The van der Waals surface area contributed by atoms with E-state index >= 15 is 0 Å². The largest absolute Gasteiger partial charge is 0.444 e. The molecule has 26 heavy (non-hydrogen) atoms. The number of hydrogen-bond acceptors (Lipinski definition) is 5. The minimum Gasteiger partial charge on any atom is -0.444 e. The number of alkyl carbamates (subject to hydrolysis) is 1. The predicted molar refractivity (Wildman–Crippen MR) is 104 cm³/mol. The number of anilines is 1. The summed E-state index contributed by atoms with van der Waals surface area (Å²) in [5.41, 5.74) is 0.111. The van der Waals surface area contributed by atoms with Crippen LogP contribution in [0.3, 0.4) is 0 Å². The molecule has 7 nitrogen and oxygen atoms in total. The molecule has 0 saturated carbocycles. The first-order valence-electron chi connectivity index (χ1n) is 8.83. The van der Waals surface area contributed by atoms with E-state index in [0.717, 1.165) is 23.7 Å². The number of unbranched alkanes of at least 4 members (excludes halogenated alkanes) is 1. The molecule has 0 atom stereocenters. The van der Waals surface area contributed by atoms with Gasteiger partial charge in [-0.2, -0.15) is 4.98 Å². The van der Waals surface area contributed by atoms with E-state index in [1.165, 1.54) is 0 Å². The zero-order valence-electron chi connectivity index (χ0n) is 16.2. The number of ether oxygens (including phenoxy) is 1. The number of carbonyl (C=O) groups excluding carboxylic acids is 1. The third-order valence-electron chi connectivity index (χ3n) is 3.77. The lowest BCUT2D eigenvalue weighted by molar-refractivity contribution is 0.0527. The van der Waals surface area contributed by atoms with Crippen molar-refractivity contribution in [3.8, 4) is 0 Å². The third kappa shape index (κ3) is 5.21. The van der Waals surface area contributed by atoms with Crippen LogP contribution >= 0.6 is 0 Å². The molecule has 1 amide bonds. The van der Waals surface area contributed by atoms with Gasteiger partial charge in [-0.3, -0.25) is 4.57 Å². The zero-order valence-corrected chi connectivity index (χ0v) is 16.2. The van der Waals surface area contributed by atoms with Crippen molar-refractivity contribution < 1.29 is 9.53 Å². The molecule has 2 rings (SSSR count). The highest BCUT2D eigenvalue weighted by Gasteiger charge is 2.15. The van der Waals surface area contributed by atoms with Gasteiger partial charge in [0, 0.05) is 32.6 Å². The van der Waals surface area contributed by atoms with Crippen molar-refractivity contribution in [2.45, 2.75) is 45.8 Å². The summed E-state index contributed by atoms with van der Waals surface area (Å²) >= 11 is 0. The van der Waals surface area contributed by atoms with Crippen LogP contribution in [0.1, 0.15) is 33.6 Å². The average Bonchev–Trinajstić information content (AvgIpc) is 2.54. The normalized spacial score (nSPS) is 11.4. The Hall–Kier alpha value is -2.57. The van der Waals surface area contributed by atoms with Crippen molar-refractivity contribution in [2.75, 3.05) is 25.5 Å². The van der Waals surface area contributed by atoms with Gasteiger partial charge >= 0.3 is 11.8 Å². The maximum absolute atomic E-state index is 12.4. The van der Waals surface area contributed by atoms with Crippen molar-refractivity contribution in [2.24, 2.45) is 0 Å². The van der Waals surface area contributed by atoms with Gasteiger partial charge in [-0.15, -0.1) is 0 Å². The molecule has 1 aromatic heterocycles. The molecule has 1 heterocycles. The van der Waals surface area contributed by atoms with Crippen molar-refractivity contribution >= 4 is 22.8 Å². The number of amides is 1. The van der Waals surface area contributed by atoms with E-state index in [2.05, 4.69) is 10.3 Å². The van der Waals surface area contributed by atoms with Gasteiger partial charge in [0.15, 0.2) is 0 Å². The molecule has 0 saturated heterocycles. The first kappa shape index (κ1) is 19.8. The maximum Gasteiger partial charge on any atom is 0.407 e. The summed E-state index contributed by atoms with van der Waals surface area (Å²) in [7, 11) is 3.75. The quantitative estimate of drug-likeness (QED) is 0.802. The minimum absolute atomic E-state index is 0.257. The van der Waals surface area contributed by atoms with Crippen molar-refractivity contribution in [3.05, 3.63) is 34.7 Å². The summed E-state index contributed by atoms with van der Waals surface area (Å²) in [4.78, 5) is 30.1. The molecule has 7 heteroatoms. The van der Waals surface area contributed by atoms with Crippen LogP contribution in [0.15, 0.2) is 29.1 Å². The molecule has 2 aromatic rings. The Bertz CT molecular complexity index is 822. The van der Waals surface area contributed by atoms with Gasteiger partial charge in [0.05, 0.1) is 5.52 Å². The SMILES string of the molecule is CN(C)c1nc(=O)n(CCCCNC(=O)OC(C)(C)C)c2ccccc12. The number of nitrogens with zero attached hydrogens (tertiary/aromatic N) is 3. The molecular weight excluding hydrogens is 332 g/mol. The van der Waals surface area contributed by atoms with E-state index in [1.54, 1.807) is 4.57 Å². The summed E-state index contributed by atoms with van der Waals surface area (Å²) in [6.45, 7) is 6.54. The number of benzene rings is 1. The van der Waals surface area contributed by atoms with Gasteiger partial charge in [-0.1, -0.05) is 12.1 Å².